The number of rotatable bonds is 2. The van der Waals surface area contributed by atoms with Gasteiger partial charge in [-0.15, -0.1) is 0 Å². The predicted octanol–water partition coefficient (Wildman–Crippen LogP) is 3.02. The zero-order chi connectivity index (χ0) is 10.0. The summed E-state index contributed by atoms with van der Waals surface area (Å²) in [5.74, 6) is 0.175. The van der Waals surface area contributed by atoms with Crippen molar-refractivity contribution in [1.82, 2.24) is 0 Å². The Kier molecular flexibility index (Phi) is 3.11. The monoisotopic (exact) mass is 265 g/mol. The second kappa shape index (κ2) is 3.93. The van der Waals surface area contributed by atoms with Gasteiger partial charge < -0.3 is 4.74 Å². The highest BCUT2D eigenvalue weighted by molar-refractivity contribution is 9.10. The van der Waals surface area contributed by atoms with Gasteiger partial charge in [-0.25, -0.2) is 0 Å². The van der Waals surface area contributed by atoms with E-state index >= 15 is 0 Å². The fourth-order valence-corrected chi connectivity index (χ4v) is 1.84. The molecule has 0 heterocycles. The van der Waals surface area contributed by atoms with Crippen LogP contribution >= 0.6 is 27.5 Å². The van der Waals surface area contributed by atoms with Gasteiger partial charge in [0.2, 0.25) is 5.75 Å². The number of nitro benzene ring substituents is 1. The minimum absolute atomic E-state index is 0.151. The van der Waals surface area contributed by atoms with Crippen molar-refractivity contribution in [2.24, 2.45) is 0 Å². The maximum Gasteiger partial charge on any atom is 0.313 e. The number of nitro groups is 1. The summed E-state index contributed by atoms with van der Waals surface area (Å²) in [6.45, 7) is 0. The molecule has 0 N–H and O–H groups in total. The van der Waals surface area contributed by atoms with E-state index in [-0.39, 0.29) is 11.4 Å². The molecule has 0 fully saturated rings. The zero-order valence-corrected chi connectivity index (χ0v) is 8.92. The Morgan fingerprint density at radius 3 is 2.69 bits per heavy atom. The number of benzene rings is 1. The van der Waals surface area contributed by atoms with Gasteiger partial charge in [0.15, 0.2) is 0 Å². The molecule has 0 aliphatic carbocycles. The van der Waals surface area contributed by atoms with Crippen molar-refractivity contribution in [2.75, 3.05) is 7.11 Å². The van der Waals surface area contributed by atoms with Crippen molar-refractivity contribution in [3.8, 4) is 5.75 Å². The van der Waals surface area contributed by atoms with E-state index in [0.717, 1.165) is 0 Å². The number of hydrogen-bond donors (Lipinski definition) is 0. The van der Waals surface area contributed by atoms with Crippen LogP contribution in [0.2, 0.25) is 5.02 Å². The van der Waals surface area contributed by atoms with Crippen LogP contribution in [0.3, 0.4) is 0 Å². The van der Waals surface area contributed by atoms with E-state index < -0.39 is 4.92 Å². The lowest BCUT2D eigenvalue weighted by Gasteiger charge is -2.03. The normalized spacial score (nSPS) is 9.77. The Balaban J connectivity index is 3.38. The molecule has 1 rings (SSSR count). The zero-order valence-electron chi connectivity index (χ0n) is 6.58. The standard InChI is InChI=1S/C7H5BrClNO3/c1-13-7-5(8)2-4(9)3-6(7)10(11)12/h2-3H,1H3. The van der Waals surface area contributed by atoms with Gasteiger partial charge in [0.25, 0.3) is 0 Å². The molecule has 4 nitrogen and oxygen atoms in total. The molecule has 1 aromatic carbocycles. The number of nitrogens with zero attached hydrogens (tertiary/aromatic N) is 1. The molecule has 70 valence electrons. The van der Waals surface area contributed by atoms with Crippen molar-refractivity contribution in [1.29, 1.82) is 0 Å². The topological polar surface area (TPSA) is 52.4 Å². The summed E-state index contributed by atoms with van der Waals surface area (Å²) in [5.41, 5.74) is -0.151. The van der Waals surface area contributed by atoms with Gasteiger partial charge in [0.1, 0.15) is 0 Å². The van der Waals surface area contributed by atoms with Crippen LogP contribution < -0.4 is 4.74 Å². The number of methoxy groups -OCH3 is 1. The second-order valence-electron chi connectivity index (χ2n) is 2.20. The molecule has 6 heteroatoms. The Labute approximate surface area is 87.7 Å². The molecular formula is C7H5BrClNO3. The van der Waals surface area contributed by atoms with Gasteiger partial charge in [-0.3, -0.25) is 10.1 Å². The van der Waals surface area contributed by atoms with Crippen LogP contribution in [0.5, 0.6) is 5.75 Å². The molecule has 0 aromatic heterocycles. The van der Waals surface area contributed by atoms with Crippen LogP contribution in [0.25, 0.3) is 0 Å². The highest BCUT2D eigenvalue weighted by atomic mass is 79.9. The van der Waals surface area contributed by atoms with Gasteiger partial charge in [0, 0.05) is 11.1 Å². The summed E-state index contributed by atoms with van der Waals surface area (Å²) in [7, 11) is 1.36. The molecule has 0 aliphatic heterocycles. The Morgan fingerprint density at radius 2 is 2.23 bits per heavy atom. The molecule has 13 heavy (non-hydrogen) atoms. The maximum absolute atomic E-state index is 10.5. The molecule has 0 amide bonds. The fourth-order valence-electron chi connectivity index (χ4n) is 0.884. The van der Waals surface area contributed by atoms with Crippen LogP contribution in [0, 0.1) is 10.1 Å². The first kappa shape index (κ1) is 10.3. The minimum Gasteiger partial charge on any atom is -0.489 e. The first-order chi connectivity index (χ1) is 6.06. The number of ether oxygens (including phenoxy) is 1. The summed E-state index contributed by atoms with van der Waals surface area (Å²) in [4.78, 5) is 9.99. The fraction of sp³-hybridized carbons (Fsp3) is 0.143. The predicted molar refractivity (Wildman–Crippen MR) is 52.4 cm³/mol. The summed E-state index contributed by atoms with van der Waals surface area (Å²) < 4.78 is 5.31. The van der Waals surface area contributed by atoms with E-state index in [2.05, 4.69) is 15.9 Å². The van der Waals surface area contributed by atoms with Gasteiger partial charge in [-0.2, -0.15) is 0 Å². The van der Waals surface area contributed by atoms with Crippen molar-refractivity contribution < 1.29 is 9.66 Å². The molecule has 0 saturated carbocycles. The van der Waals surface area contributed by atoms with Gasteiger partial charge in [0.05, 0.1) is 16.5 Å². The average Bonchev–Trinajstić information content (AvgIpc) is 2.02. The lowest BCUT2D eigenvalue weighted by atomic mass is 10.3. The summed E-state index contributed by atoms with van der Waals surface area (Å²) in [6.07, 6.45) is 0. The van der Waals surface area contributed by atoms with Crippen LogP contribution in [0.4, 0.5) is 5.69 Å². The van der Waals surface area contributed by atoms with Crippen molar-refractivity contribution in [3.05, 3.63) is 31.7 Å². The highest BCUT2D eigenvalue weighted by Gasteiger charge is 2.18. The first-order valence-electron chi connectivity index (χ1n) is 3.23. The molecule has 0 spiro atoms. The van der Waals surface area contributed by atoms with Crippen LogP contribution in [-0.2, 0) is 0 Å². The molecule has 0 atom stereocenters. The average molecular weight is 266 g/mol. The third-order valence-corrected chi connectivity index (χ3v) is 2.20. The molecule has 0 unspecified atom stereocenters. The Bertz CT molecular complexity index is 356. The van der Waals surface area contributed by atoms with E-state index in [1.807, 2.05) is 0 Å². The minimum atomic E-state index is -0.546. The molecule has 0 radical (unpaired) electrons. The Hall–Kier alpha value is -0.810. The van der Waals surface area contributed by atoms with Crippen LogP contribution in [0.15, 0.2) is 16.6 Å². The van der Waals surface area contributed by atoms with E-state index in [1.165, 1.54) is 19.2 Å². The van der Waals surface area contributed by atoms with Crippen molar-refractivity contribution in [2.45, 2.75) is 0 Å². The largest absolute Gasteiger partial charge is 0.489 e. The van der Waals surface area contributed by atoms with Crippen molar-refractivity contribution in [3.63, 3.8) is 0 Å². The molecule has 1 aromatic rings. The van der Waals surface area contributed by atoms with Crippen LogP contribution in [0.1, 0.15) is 0 Å². The quantitative estimate of drug-likeness (QED) is 0.611. The molecule has 0 bridgehead atoms. The van der Waals surface area contributed by atoms with Gasteiger partial charge in [-0.05, 0) is 22.0 Å². The Morgan fingerprint density at radius 1 is 1.62 bits per heavy atom. The maximum atomic E-state index is 10.5. The second-order valence-corrected chi connectivity index (χ2v) is 3.49. The highest BCUT2D eigenvalue weighted by Crippen LogP contribution is 2.37. The first-order valence-corrected chi connectivity index (χ1v) is 4.40. The van der Waals surface area contributed by atoms with Gasteiger partial charge >= 0.3 is 5.69 Å². The number of hydrogen-bond acceptors (Lipinski definition) is 3. The van der Waals surface area contributed by atoms with E-state index in [1.54, 1.807) is 0 Å². The third kappa shape index (κ3) is 2.10. The van der Waals surface area contributed by atoms with E-state index in [0.29, 0.717) is 9.50 Å². The van der Waals surface area contributed by atoms with Gasteiger partial charge in [-0.1, -0.05) is 11.6 Å². The smallest absolute Gasteiger partial charge is 0.313 e. The summed E-state index contributed by atoms with van der Waals surface area (Å²) in [6, 6.07) is 2.78. The van der Waals surface area contributed by atoms with Crippen LogP contribution in [-0.4, -0.2) is 12.0 Å². The lowest BCUT2D eigenvalue weighted by molar-refractivity contribution is -0.385. The SMILES string of the molecule is COc1c(Br)cc(Cl)cc1[N+](=O)[O-]. The van der Waals surface area contributed by atoms with E-state index in [4.69, 9.17) is 16.3 Å². The molecular weight excluding hydrogens is 261 g/mol. The molecule has 0 saturated heterocycles. The molecule has 0 aliphatic rings. The summed E-state index contributed by atoms with van der Waals surface area (Å²) in [5, 5.41) is 10.8. The van der Waals surface area contributed by atoms with E-state index in [9.17, 15) is 10.1 Å². The number of halogens is 2. The third-order valence-electron chi connectivity index (χ3n) is 1.39. The summed E-state index contributed by atoms with van der Waals surface area (Å²) >= 11 is 8.75. The lowest BCUT2D eigenvalue weighted by Crippen LogP contribution is -1.94. The van der Waals surface area contributed by atoms with Crippen molar-refractivity contribution >= 4 is 33.2 Å².